The predicted octanol–water partition coefficient (Wildman–Crippen LogP) is 2.16. The SMILES string of the molecule is CC(C)(C)OC(=O)NCC1COc2ccccc2NC1=O. The van der Waals surface area contributed by atoms with Crippen molar-refractivity contribution in [3.05, 3.63) is 24.3 Å². The molecule has 6 nitrogen and oxygen atoms in total. The summed E-state index contributed by atoms with van der Waals surface area (Å²) in [6.45, 7) is 5.72. The van der Waals surface area contributed by atoms with Crippen molar-refractivity contribution in [1.82, 2.24) is 5.32 Å². The van der Waals surface area contributed by atoms with E-state index in [1.54, 1.807) is 32.9 Å². The number of nitrogens with one attached hydrogen (secondary N) is 2. The van der Waals surface area contributed by atoms with E-state index in [-0.39, 0.29) is 19.1 Å². The van der Waals surface area contributed by atoms with Gasteiger partial charge in [0, 0.05) is 6.54 Å². The van der Waals surface area contributed by atoms with Crippen LogP contribution in [0.4, 0.5) is 10.5 Å². The van der Waals surface area contributed by atoms with Crippen molar-refractivity contribution in [1.29, 1.82) is 0 Å². The van der Waals surface area contributed by atoms with E-state index in [2.05, 4.69) is 10.6 Å². The van der Waals surface area contributed by atoms with Gasteiger partial charge in [0.25, 0.3) is 0 Å². The van der Waals surface area contributed by atoms with E-state index < -0.39 is 17.6 Å². The first-order valence-corrected chi connectivity index (χ1v) is 6.85. The summed E-state index contributed by atoms with van der Waals surface area (Å²) in [5.41, 5.74) is 0.0741. The molecule has 21 heavy (non-hydrogen) atoms. The van der Waals surface area contributed by atoms with Crippen LogP contribution in [0.2, 0.25) is 0 Å². The first kappa shape index (κ1) is 15.2. The van der Waals surface area contributed by atoms with Crippen LogP contribution in [-0.2, 0) is 9.53 Å². The summed E-state index contributed by atoms with van der Waals surface area (Å²) in [4.78, 5) is 23.7. The van der Waals surface area contributed by atoms with E-state index in [1.807, 2.05) is 12.1 Å². The highest BCUT2D eigenvalue weighted by molar-refractivity contribution is 5.95. The zero-order chi connectivity index (χ0) is 15.5. The van der Waals surface area contributed by atoms with Crippen LogP contribution in [0.25, 0.3) is 0 Å². The summed E-state index contributed by atoms with van der Waals surface area (Å²) in [7, 11) is 0. The summed E-state index contributed by atoms with van der Waals surface area (Å²) in [6, 6.07) is 7.22. The van der Waals surface area contributed by atoms with E-state index in [1.165, 1.54) is 0 Å². The molecule has 1 unspecified atom stereocenters. The van der Waals surface area contributed by atoms with Gasteiger partial charge in [-0.05, 0) is 32.9 Å². The molecule has 2 N–H and O–H groups in total. The Morgan fingerprint density at radius 1 is 1.43 bits per heavy atom. The Balaban J connectivity index is 1.91. The van der Waals surface area contributed by atoms with Crippen LogP contribution in [0.1, 0.15) is 20.8 Å². The first-order chi connectivity index (χ1) is 9.85. The van der Waals surface area contributed by atoms with Crippen LogP contribution in [0, 0.1) is 5.92 Å². The molecule has 0 saturated heterocycles. The Morgan fingerprint density at radius 3 is 2.86 bits per heavy atom. The molecule has 1 aliphatic heterocycles. The van der Waals surface area contributed by atoms with Crippen molar-refractivity contribution < 1.29 is 19.1 Å². The summed E-state index contributed by atoms with van der Waals surface area (Å²) in [6.07, 6.45) is -0.544. The number of fused-ring (bicyclic) bond motifs is 1. The maximum absolute atomic E-state index is 12.1. The van der Waals surface area contributed by atoms with Gasteiger partial charge in [-0.15, -0.1) is 0 Å². The fraction of sp³-hybridized carbons (Fsp3) is 0.467. The van der Waals surface area contributed by atoms with Crippen molar-refractivity contribution in [2.24, 2.45) is 5.92 Å². The van der Waals surface area contributed by atoms with Gasteiger partial charge in [-0.3, -0.25) is 4.79 Å². The zero-order valence-electron chi connectivity index (χ0n) is 12.4. The summed E-state index contributed by atoms with van der Waals surface area (Å²) in [5, 5.41) is 5.38. The molecule has 0 saturated carbocycles. The average Bonchev–Trinajstić information content (AvgIpc) is 2.53. The quantitative estimate of drug-likeness (QED) is 0.875. The molecule has 1 heterocycles. The Bertz CT molecular complexity index is 537. The molecule has 0 aromatic heterocycles. The minimum absolute atomic E-state index is 0.161. The van der Waals surface area contributed by atoms with Crippen molar-refractivity contribution in [2.45, 2.75) is 26.4 Å². The van der Waals surface area contributed by atoms with E-state index in [4.69, 9.17) is 9.47 Å². The van der Waals surface area contributed by atoms with Crippen LogP contribution >= 0.6 is 0 Å². The molecule has 0 fully saturated rings. The summed E-state index contributed by atoms with van der Waals surface area (Å²) >= 11 is 0. The minimum atomic E-state index is -0.567. The molecule has 1 atom stereocenters. The molecule has 0 radical (unpaired) electrons. The van der Waals surface area contributed by atoms with Crippen molar-refractivity contribution in [2.75, 3.05) is 18.5 Å². The normalized spacial score (nSPS) is 17.9. The van der Waals surface area contributed by atoms with Gasteiger partial charge in [0.2, 0.25) is 5.91 Å². The Morgan fingerprint density at radius 2 is 2.14 bits per heavy atom. The van der Waals surface area contributed by atoms with Crippen LogP contribution in [0.15, 0.2) is 24.3 Å². The number of hydrogen-bond acceptors (Lipinski definition) is 4. The van der Waals surface area contributed by atoms with E-state index >= 15 is 0 Å². The molecule has 2 amide bonds. The highest BCUT2D eigenvalue weighted by atomic mass is 16.6. The Hall–Kier alpha value is -2.24. The first-order valence-electron chi connectivity index (χ1n) is 6.85. The van der Waals surface area contributed by atoms with Crippen LogP contribution in [0.3, 0.4) is 0 Å². The van der Waals surface area contributed by atoms with Gasteiger partial charge < -0.3 is 20.1 Å². The molecule has 6 heteroatoms. The number of carbonyl (C=O) groups excluding carboxylic acids is 2. The van der Waals surface area contributed by atoms with E-state index in [0.29, 0.717) is 11.4 Å². The molecular formula is C15H20N2O4. The maximum atomic E-state index is 12.1. The molecule has 1 aromatic carbocycles. The third-order valence-electron chi connectivity index (χ3n) is 2.85. The molecule has 114 valence electrons. The van der Waals surface area contributed by atoms with Crippen LogP contribution < -0.4 is 15.4 Å². The second-order valence-corrected chi connectivity index (χ2v) is 5.88. The van der Waals surface area contributed by atoms with Crippen LogP contribution in [0.5, 0.6) is 5.75 Å². The lowest BCUT2D eigenvalue weighted by molar-refractivity contribution is -0.120. The van der Waals surface area contributed by atoms with Crippen LogP contribution in [-0.4, -0.2) is 30.8 Å². The van der Waals surface area contributed by atoms with Gasteiger partial charge in [0.05, 0.1) is 11.6 Å². The van der Waals surface area contributed by atoms with Gasteiger partial charge >= 0.3 is 6.09 Å². The second kappa shape index (κ2) is 6.03. The highest BCUT2D eigenvalue weighted by Crippen LogP contribution is 2.27. The number of rotatable bonds is 2. The molecule has 1 aromatic rings. The summed E-state index contributed by atoms with van der Waals surface area (Å²) in [5.74, 6) is -0.0217. The smallest absolute Gasteiger partial charge is 0.407 e. The molecular weight excluding hydrogens is 272 g/mol. The van der Waals surface area contributed by atoms with Gasteiger partial charge in [0.15, 0.2) is 0 Å². The number of anilines is 1. The van der Waals surface area contributed by atoms with Crippen molar-refractivity contribution >= 4 is 17.7 Å². The standard InChI is InChI=1S/C15H20N2O4/c1-15(2,3)21-14(19)16-8-10-9-20-12-7-5-4-6-11(12)17-13(10)18/h4-7,10H,8-9H2,1-3H3,(H,16,19)(H,17,18). The minimum Gasteiger partial charge on any atom is -0.491 e. The summed E-state index contributed by atoms with van der Waals surface area (Å²) < 4.78 is 10.7. The Kier molecular flexibility index (Phi) is 4.35. The van der Waals surface area contributed by atoms with Crippen molar-refractivity contribution in [3.8, 4) is 5.75 Å². The predicted molar refractivity (Wildman–Crippen MR) is 78.3 cm³/mol. The largest absolute Gasteiger partial charge is 0.491 e. The Labute approximate surface area is 123 Å². The monoisotopic (exact) mass is 292 g/mol. The molecule has 0 aliphatic carbocycles. The number of carbonyl (C=O) groups is 2. The topological polar surface area (TPSA) is 76.7 Å². The lowest BCUT2D eigenvalue weighted by atomic mass is 10.1. The zero-order valence-corrected chi connectivity index (χ0v) is 12.4. The van der Waals surface area contributed by atoms with Gasteiger partial charge in [-0.2, -0.15) is 0 Å². The third-order valence-corrected chi connectivity index (χ3v) is 2.85. The lowest BCUT2D eigenvalue weighted by Crippen LogP contribution is -2.40. The van der Waals surface area contributed by atoms with Gasteiger partial charge in [-0.1, -0.05) is 12.1 Å². The second-order valence-electron chi connectivity index (χ2n) is 5.88. The number of para-hydroxylation sites is 2. The molecule has 0 spiro atoms. The number of benzene rings is 1. The third kappa shape index (κ3) is 4.37. The van der Waals surface area contributed by atoms with E-state index in [0.717, 1.165) is 0 Å². The van der Waals surface area contributed by atoms with Crippen molar-refractivity contribution in [3.63, 3.8) is 0 Å². The molecule has 1 aliphatic rings. The fourth-order valence-corrected chi connectivity index (χ4v) is 1.87. The van der Waals surface area contributed by atoms with E-state index in [9.17, 15) is 9.59 Å². The highest BCUT2D eigenvalue weighted by Gasteiger charge is 2.26. The van der Waals surface area contributed by atoms with Gasteiger partial charge in [0.1, 0.15) is 18.0 Å². The fourth-order valence-electron chi connectivity index (χ4n) is 1.87. The maximum Gasteiger partial charge on any atom is 0.407 e. The lowest BCUT2D eigenvalue weighted by Gasteiger charge is -2.20. The number of hydrogen-bond donors (Lipinski definition) is 2. The van der Waals surface area contributed by atoms with Gasteiger partial charge in [-0.25, -0.2) is 4.79 Å². The number of alkyl carbamates (subject to hydrolysis) is 1. The number of ether oxygens (including phenoxy) is 2. The number of amides is 2. The average molecular weight is 292 g/mol. The molecule has 0 bridgehead atoms. The molecule has 2 rings (SSSR count).